The van der Waals surface area contributed by atoms with E-state index in [0.717, 1.165) is 45.0 Å². The molecule has 14 heteroatoms. The number of benzene rings is 4. The van der Waals surface area contributed by atoms with E-state index in [1.807, 2.05) is 70.2 Å². The Morgan fingerprint density at radius 3 is 2.29 bits per heavy atom. The third-order valence-electron chi connectivity index (χ3n) is 9.37. The van der Waals surface area contributed by atoms with Gasteiger partial charge in [0.05, 0.1) is 69.4 Å². The highest BCUT2D eigenvalue weighted by molar-refractivity contribution is 7.92. The van der Waals surface area contributed by atoms with Gasteiger partial charge in [-0.1, -0.05) is 39.0 Å². The molecule has 0 aliphatic heterocycles. The Balaban J connectivity index is 1.30. The molecule has 0 fully saturated rings. The fraction of sp³-hybridized carbons (Fsp3) is 0.364. The molecule has 1 aromatic heterocycles. The second-order valence-electron chi connectivity index (χ2n) is 15.0. The van der Waals surface area contributed by atoms with E-state index in [0.29, 0.717) is 67.5 Å². The van der Waals surface area contributed by atoms with Crippen molar-refractivity contribution in [3.63, 3.8) is 0 Å². The number of aliphatic hydroxyl groups is 1. The fourth-order valence-corrected chi connectivity index (χ4v) is 6.91. The van der Waals surface area contributed by atoms with Crippen LogP contribution in [0.2, 0.25) is 0 Å². The standard InChI is InChI=1S/C44H52N4O9S/c1-28-10-12-31(43(51)47-37-25-33(44(2,3)4)26-38(42(37)55-6)48-58(7,52)53)24-35(28)30-13-15-36-32(23-30)27-45-41(46-36)22-29-11-14-34(40(21-29)54-5)39(50)9-8-17-56-19-20-57-18-16-49/h10-15,21,23-27,48-49H,8-9,16-20,22H2,1-7H3,(H,47,51). The second-order valence-corrected chi connectivity index (χ2v) is 16.7. The maximum absolute atomic E-state index is 13.8. The molecule has 0 unspecified atom stereocenters. The van der Waals surface area contributed by atoms with Crippen LogP contribution >= 0.6 is 0 Å². The zero-order valence-electron chi connectivity index (χ0n) is 34.1. The number of aliphatic hydroxyl groups excluding tert-OH is 1. The number of rotatable bonds is 19. The number of nitrogens with one attached hydrogen (secondary N) is 2. The number of hydrogen-bond donors (Lipinski definition) is 3. The first-order chi connectivity index (χ1) is 27.6. The van der Waals surface area contributed by atoms with Gasteiger partial charge in [0, 0.05) is 36.6 Å². The molecule has 0 bridgehead atoms. The summed E-state index contributed by atoms with van der Waals surface area (Å²) in [6, 6.07) is 20.3. The lowest BCUT2D eigenvalue weighted by molar-refractivity contribution is 0.0321. The lowest BCUT2D eigenvalue weighted by atomic mass is 9.86. The molecule has 5 rings (SSSR count). The number of nitrogens with zero attached hydrogens (tertiary/aromatic N) is 2. The Bertz CT molecular complexity index is 2380. The highest BCUT2D eigenvalue weighted by Gasteiger charge is 2.23. The Kier molecular flexibility index (Phi) is 14.6. The minimum Gasteiger partial charge on any atom is -0.496 e. The quantitative estimate of drug-likeness (QED) is 0.0572. The van der Waals surface area contributed by atoms with E-state index in [1.165, 1.54) is 7.11 Å². The van der Waals surface area contributed by atoms with Crippen molar-refractivity contribution in [3.8, 4) is 22.6 Å². The number of methoxy groups -OCH3 is 2. The van der Waals surface area contributed by atoms with Crippen LogP contribution < -0.4 is 19.5 Å². The van der Waals surface area contributed by atoms with Crippen LogP contribution in [0.5, 0.6) is 11.5 Å². The van der Waals surface area contributed by atoms with E-state index in [1.54, 1.807) is 37.6 Å². The van der Waals surface area contributed by atoms with Gasteiger partial charge < -0.3 is 29.4 Å². The summed E-state index contributed by atoms with van der Waals surface area (Å²) in [5.74, 6) is 0.875. The summed E-state index contributed by atoms with van der Waals surface area (Å²) in [6.07, 6.45) is 4.15. The van der Waals surface area contributed by atoms with Crippen molar-refractivity contribution in [1.82, 2.24) is 9.97 Å². The molecule has 0 atom stereocenters. The largest absolute Gasteiger partial charge is 0.496 e. The third-order valence-corrected chi connectivity index (χ3v) is 9.96. The minimum absolute atomic E-state index is 0.0272. The van der Waals surface area contributed by atoms with Crippen LogP contribution in [0.15, 0.2) is 72.9 Å². The van der Waals surface area contributed by atoms with Crippen molar-refractivity contribution >= 4 is 44.0 Å². The van der Waals surface area contributed by atoms with Crippen molar-refractivity contribution in [2.75, 3.05) is 63.5 Å². The van der Waals surface area contributed by atoms with Crippen molar-refractivity contribution < 1.29 is 42.1 Å². The predicted molar refractivity (Wildman–Crippen MR) is 226 cm³/mol. The number of ether oxygens (including phenoxy) is 4. The van der Waals surface area contributed by atoms with Crippen molar-refractivity contribution in [3.05, 3.63) is 107 Å². The number of Topliss-reactive ketones (excluding diaryl/α,β-unsaturated/α-hetero) is 1. The van der Waals surface area contributed by atoms with E-state index in [-0.39, 0.29) is 41.8 Å². The van der Waals surface area contributed by atoms with Crippen molar-refractivity contribution in [2.24, 2.45) is 0 Å². The molecular weight excluding hydrogens is 761 g/mol. The summed E-state index contributed by atoms with van der Waals surface area (Å²) in [5.41, 5.74) is 6.28. The Hall–Kier alpha value is -5.41. The van der Waals surface area contributed by atoms with Gasteiger partial charge in [-0.05, 0) is 95.1 Å². The second kappa shape index (κ2) is 19.4. The number of carbonyl (C=O) groups is 2. The Morgan fingerprint density at radius 1 is 0.862 bits per heavy atom. The molecular formula is C44H52N4O9S. The first-order valence-corrected chi connectivity index (χ1v) is 20.8. The van der Waals surface area contributed by atoms with Crippen LogP contribution in [0, 0.1) is 6.92 Å². The Labute approximate surface area is 340 Å². The predicted octanol–water partition coefficient (Wildman–Crippen LogP) is 7.12. The lowest BCUT2D eigenvalue weighted by Gasteiger charge is -2.24. The lowest BCUT2D eigenvalue weighted by Crippen LogP contribution is -2.18. The first-order valence-electron chi connectivity index (χ1n) is 18.9. The summed E-state index contributed by atoms with van der Waals surface area (Å²) in [5, 5.41) is 12.5. The van der Waals surface area contributed by atoms with Gasteiger partial charge in [-0.15, -0.1) is 0 Å². The average molecular weight is 813 g/mol. The normalized spacial score (nSPS) is 11.7. The van der Waals surface area contributed by atoms with Gasteiger partial charge in [0.15, 0.2) is 11.5 Å². The van der Waals surface area contributed by atoms with Crippen LogP contribution in [0.3, 0.4) is 0 Å². The molecule has 308 valence electrons. The van der Waals surface area contributed by atoms with Crippen LogP contribution in [-0.2, 0) is 31.3 Å². The molecule has 58 heavy (non-hydrogen) atoms. The van der Waals surface area contributed by atoms with Gasteiger partial charge in [-0.3, -0.25) is 14.3 Å². The number of sulfonamides is 1. The van der Waals surface area contributed by atoms with E-state index >= 15 is 0 Å². The van der Waals surface area contributed by atoms with E-state index < -0.39 is 10.0 Å². The SMILES string of the molecule is COc1cc(Cc2ncc3cc(-c4cc(C(=O)Nc5cc(C(C)(C)C)cc(NS(C)(=O)=O)c5OC)ccc4C)ccc3n2)ccc1C(=O)CCCOCCOCCO. The van der Waals surface area contributed by atoms with Gasteiger partial charge in [0.25, 0.3) is 5.91 Å². The molecule has 0 spiro atoms. The van der Waals surface area contributed by atoms with Crippen LogP contribution in [0.25, 0.3) is 22.0 Å². The highest BCUT2D eigenvalue weighted by atomic mass is 32.2. The average Bonchev–Trinajstić information content (AvgIpc) is 3.17. The number of fused-ring (bicyclic) bond motifs is 1. The van der Waals surface area contributed by atoms with E-state index in [4.69, 9.17) is 29.0 Å². The maximum Gasteiger partial charge on any atom is 0.255 e. The zero-order valence-corrected chi connectivity index (χ0v) is 34.9. The Morgan fingerprint density at radius 2 is 1.60 bits per heavy atom. The number of ketones is 1. The third kappa shape index (κ3) is 11.6. The molecule has 13 nitrogen and oxygen atoms in total. The summed E-state index contributed by atoms with van der Waals surface area (Å²) in [6.45, 7) is 9.44. The highest BCUT2D eigenvalue weighted by Crippen LogP contribution is 2.39. The molecule has 0 radical (unpaired) electrons. The summed E-state index contributed by atoms with van der Waals surface area (Å²) >= 11 is 0. The number of carbonyl (C=O) groups excluding carboxylic acids is 2. The van der Waals surface area contributed by atoms with Crippen molar-refractivity contribution in [2.45, 2.75) is 52.4 Å². The molecule has 0 aliphatic rings. The minimum atomic E-state index is -3.63. The van der Waals surface area contributed by atoms with Crippen LogP contribution in [0.1, 0.15) is 76.8 Å². The molecule has 0 aliphatic carbocycles. The van der Waals surface area contributed by atoms with Crippen LogP contribution in [-0.4, -0.2) is 88.7 Å². The van der Waals surface area contributed by atoms with Crippen LogP contribution in [0.4, 0.5) is 11.4 Å². The molecule has 1 heterocycles. The van der Waals surface area contributed by atoms with Gasteiger partial charge >= 0.3 is 0 Å². The van der Waals surface area contributed by atoms with Crippen molar-refractivity contribution in [1.29, 1.82) is 0 Å². The van der Waals surface area contributed by atoms with E-state index in [2.05, 4.69) is 15.0 Å². The van der Waals surface area contributed by atoms with Gasteiger partial charge in [0.1, 0.15) is 11.6 Å². The number of aromatic nitrogens is 2. The first kappa shape index (κ1) is 43.7. The van der Waals surface area contributed by atoms with E-state index in [9.17, 15) is 18.0 Å². The molecule has 0 saturated heterocycles. The number of anilines is 2. The topological polar surface area (TPSA) is 175 Å². The van der Waals surface area contributed by atoms with Gasteiger partial charge in [-0.25, -0.2) is 18.4 Å². The number of amides is 1. The molecule has 5 aromatic rings. The molecule has 3 N–H and O–H groups in total. The smallest absolute Gasteiger partial charge is 0.255 e. The molecule has 4 aromatic carbocycles. The van der Waals surface area contributed by atoms with Gasteiger partial charge in [-0.2, -0.15) is 0 Å². The zero-order chi connectivity index (χ0) is 42.0. The molecule has 0 saturated carbocycles. The molecule has 1 amide bonds. The fourth-order valence-electron chi connectivity index (χ4n) is 6.36. The number of aryl methyl sites for hydroxylation is 1. The summed E-state index contributed by atoms with van der Waals surface area (Å²) in [7, 11) is -0.668. The monoisotopic (exact) mass is 812 g/mol. The summed E-state index contributed by atoms with van der Waals surface area (Å²) < 4.78 is 48.7. The number of hydrogen-bond acceptors (Lipinski definition) is 11. The van der Waals surface area contributed by atoms with Gasteiger partial charge in [0.2, 0.25) is 10.0 Å². The maximum atomic E-state index is 13.8. The summed E-state index contributed by atoms with van der Waals surface area (Å²) in [4.78, 5) is 36.2.